The van der Waals surface area contributed by atoms with Crippen molar-refractivity contribution in [3.63, 3.8) is 0 Å². The van der Waals surface area contributed by atoms with Crippen molar-refractivity contribution in [2.75, 3.05) is 0 Å². The van der Waals surface area contributed by atoms with Crippen molar-refractivity contribution in [2.24, 2.45) is 0 Å². The Hall–Kier alpha value is -2.13. The molecule has 2 aromatic heterocycles. The van der Waals surface area contributed by atoms with Crippen molar-refractivity contribution in [1.82, 2.24) is 14.7 Å². The molecule has 0 saturated heterocycles. The molecule has 19 heavy (non-hydrogen) atoms. The number of carboxylic acids is 1. The molecule has 9 heteroatoms. The van der Waals surface area contributed by atoms with E-state index >= 15 is 0 Å². The number of carbonyl (C=O) groups is 1. The number of carboxylic acid groups (broad SMARTS) is 1. The first-order valence-electron chi connectivity index (χ1n) is 5.22. The van der Waals surface area contributed by atoms with Crippen LogP contribution in [0.5, 0.6) is 0 Å². The summed E-state index contributed by atoms with van der Waals surface area (Å²) in [5.41, 5.74) is 0. The number of aryl methyl sites for hydroxylation is 1. The fourth-order valence-electron chi connectivity index (χ4n) is 1.37. The van der Waals surface area contributed by atoms with Crippen molar-refractivity contribution in [1.29, 1.82) is 0 Å². The van der Waals surface area contributed by atoms with Crippen molar-refractivity contribution in [3.8, 4) is 0 Å². The van der Waals surface area contributed by atoms with Crippen molar-refractivity contribution < 1.29 is 22.7 Å². The predicted molar refractivity (Wildman–Crippen MR) is 63.0 cm³/mol. The van der Waals surface area contributed by atoms with Gasteiger partial charge < -0.3 is 14.5 Å². The number of hydrogen-bond acceptors (Lipinski definition) is 5. The molecule has 0 unspecified atom stereocenters. The Labute approximate surface area is 108 Å². The summed E-state index contributed by atoms with van der Waals surface area (Å²) in [4.78, 5) is 17.0. The van der Waals surface area contributed by atoms with Crippen LogP contribution in [0.25, 0.3) is 0 Å². The summed E-state index contributed by atoms with van der Waals surface area (Å²) in [6.07, 6.45) is 1.20. The molecule has 102 valence electrons. The van der Waals surface area contributed by atoms with Gasteiger partial charge in [-0.15, -0.1) is 0 Å². The standard InChI is InChI=1S/C10H11N3O5S/c1-6-11-5-9(13-6)19(16,17)12-4-7-2-3-8(18-7)10(14)15/h2-3,5,12H,4H2,1H3,(H,11,13)(H,14,15). The van der Waals surface area contributed by atoms with Gasteiger partial charge in [-0.2, -0.15) is 0 Å². The van der Waals surface area contributed by atoms with Gasteiger partial charge in [0.15, 0.2) is 5.03 Å². The van der Waals surface area contributed by atoms with Crippen LogP contribution < -0.4 is 4.72 Å². The normalized spacial score (nSPS) is 11.6. The van der Waals surface area contributed by atoms with E-state index in [0.29, 0.717) is 5.82 Å². The molecular formula is C10H11N3O5S. The van der Waals surface area contributed by atoms with Gasteiger partial charge in [0.25, 0.3) is 10.0 Å². The molecule has 0 aromatic carbocycles. The third-order valence-electron chi connectivity index (χ3n) is 2.28. The van der Waals surface area contributed by atoms with Crippen LogP contribution in [-0.2, 0) is 16.6 Å². The molecule has 0 saturated carbocycles. The van der Waals surface area contributed by atoms with Crippen molar-refractivity contribution in [3.05, 3.63) is 35.7 Å². The number of H-pyrrole nitrogens is 1. The molecule has 0 aliphatic rings. The van der Waals surface area contributed by atoms with Gasteiger partial charge in [-0.3, -0.25) is 0 Å². The number of nitrogens with one attached hydrogen (secondary N) is 2. The molecule has 2 rings (SSSR count). The quantitative estimate of drug-likeness (QED) is 0.734. The minimum Gasteiger partial charge on any atom is -0.475 e. The summed E-state index contributed by atoms with van der Waals surface area (Å²) >= 11 is 0. The smallest absolute Gasteiger partial charge is 0.371 e. The van der Waals surface area contributed by atoms with E-state index in [1.165, 1.54) is 18.3 Å². The predicted octanol–water partition coefficient (Wildman–Crippen LogP) is 0.488. The maximum absolute atomic E-state index is 11.8. The third kappa shape index (κ3) is 3.01. The van der Waals surface area contributed by atoms with Crippen LogP contribution in [0.15, 0.2) is 27.8 Å². The molecule has 2 aromatic rings. The Bertz CT molecular complexity index is 700. The second-order valence-electron chi connectivity index (χ2n) is 3.73. The number of nitrogens with zero attached hydrogens (tertiary/aromatic N) is 1. The average molecular weight is 285 g/mol. The van der Waals surface area contributed by atoms with Crippen LogP contribution in [0.2, 0.25) is 0 Å². The number of hydrogen-bond donors (Lipinski definition) is 3. The Morgan fingerprint density at radius 2 is 2.26 bits per heavy atom. The third-order valence-corrected chi connectivity index (χ3v) is 3.59. The largest absolute Gasteiger partial charge is 0.475 e. The topological polar surface area (TPSA) is 125 Å². The zero-order valence-electron chi connectivity index (χ0n) is 9.87. The van der Waals surface area contributed by atoms with E-state index in [0.717, 1.165) is 0 Å². The van der Waals surface area contributed by atoms with E-state index in [2.05, 4.69) is 14.7 Å². The summed E-state index contributed by atoms with van der Waals surface area (Å²) in [7, 11) is -3.72. The monoisotopic (exact) mass is 285 g/mol. The van der Waals surface area contributed by atoms with Gasteiger partial charge in [-0.05, 0) is 19.1 Å². The molecule has 0 radical (unpaired) electrons. The number of aromatic amines is 1. The van der Waals surface area contributed by atoms with Crippen LogP contribution in [0.4, 0.5) is 0 Å². The van der Waals surface area contributed by atoms with Gasteiger partial charge in [-0.25, -0.2) is 22.9 Å². The van der Waals surface area contributed by atoms with Crippen LogP contribution in [0.1, 0.15) is 22.1 Å². The Morgan fingerprint density at radius 3 is 2.79 bits per heavy atom. The lowest BCUT2D eigenvalue weighted by molar-refractivity contribution is 0.0660. The zero-order valence-corrected chi connectivity index (χ0v) is 10.7. The number of sulfonamides is 1. The fraction of sp³-hybridized carbons (Fsp3) is 0.200. The zero-order chi connectivity index (χ0) is 14.0. The molecule has 0 amide bonds. The summed E-state index contributed by atoms with van der Waals surface area (Å²) in [5.74, 6) is -0.770. The van der Waals surface area contributed by atoms with Crippen LogP contribution in [0.3, 0.4) is 0 Å². The molecule has 3 N–H and O–H groups in total. The number of aromatic nitrogens is 2. The first-order valence-corrected chi connectivity index (χ1v) is 6.70. The number of aromatic carboxylic acids is 1. The van der Waals surface area contributed by atoms with Crippen molar-refractivity contribution >= 4 is 16.0 Å². The lowest BCUT2D eigenvalue weighted by Crippen LogP contribution is -2.23. The SMILES string of the molecule is Cc1ncc(S(=O)(=O)NCc2ccc(C(=O)O)o2)[nH]1. The van der Waals surface area contributed by atoms with E-state index in [1.807, 2.05) is 0 Å². The van der Waals surface area contributed by atoms with Gasteiger partial charge in [0, 0.05) is 0 Å². The second kappa shape index (κ2) is 4.86. The molecular weight excluding hydrogens is 274 g/mol. The minimum atomic E-state index is -3.72. The molecule has 0 bridgehead atoms. The van der Waals surface area contributed by atoms with E-state index in [1.54, 1.807) is 6.92 Å². The molecule has 0 aliphatic heterocycles. The lowest BCUT2D eigenvalue weighted by atomic mass is 10.4. The number of imidazole rings is 1. The second-order valence-corrected chi connectivity index (χ2v) is 5.46. The summed E-state index contributed by atoms with van der Waals surface area (Å²) in [6.45, 7) is 1.48. The number of rotatable bonds is 5. The van der Waals surface area contributed by atoms with E-state index in [-0.39, 0.29) is 23.1 Å². The highest BCUT2D eigenvalue weighted by Gasteiger charge is 2.17. The Balaban J connectivity index is 2.07. The molecule has 8 nitrogen and oxygen atoms in total. The highest BCUT2D eigenvalue weighted by molar-refractivity contribution is 7.89. The molecule has 0 spiro atoms. The lowest BCUT2D eigenvalue weighted by Gasteiger charge is -2.02. The highest BCUT2D eigenvalue weighted by Crippen LogP contribution is 2.10. The van der Waals surface area contributed by atoms with Gasteiger partial charge in [0.05, 0.1) is 12.7 Å². The summed E-state index contributed by atoms with van der Waals surface area (Å²) in [6, 6.07) is 2.65. The number of furan rings is 1. The molecule has 2 heterocycles. The van der Waals surface area contributed by atoms with Gasteiger partial charge in [-0.1, -0.05) is 0 Å². The average Bonchev–Trinajstić information content (AvgIpc) is 2.95. The van der Waals surface area contributed by atoms with Gasteiger partial charge >= 0.3 is 5.97 Å². The Kier molecular flexibility index (Phi) is 3.40. The maximum atomic E-state index is 11.8. The van der Waals surface area contributed by atoms with E-state index in [9.17, 15) is 13.2 Å². The van der Waals surface area contributed by atoms with E-state index < -0.39 is 16.0 Å². The van der Waals surface area contributed by atoms with Gasteiger partial charge in [0.1, 0.15) is 11.6 Å². The summed E-state index contributed by atoms with van der Waals surface area (Å²) in [5, 5.41) is 8.60. The maximum Gasteiger partial charge on any atom is 0.371 e. The minimum absolute atomic E-state index is 0.0602. The highest BCUT2D eigenvalue weighted by atomic mass is 32.2. The molecule has 0 aliphatic carbocycles. The van der Waals surface area contributed by atoms with Crippen molar-refractivity contribution in [2.45, 2.75) is 18.5 Å². The molecule has 0 atom stereocenters. The van der Waals surface area contributed by atoms with Crippen LogP contribution in [-0.4, -0.2) is 29.5 Å². The summed E-state index contributed by atoms with van der Waals surface area (Å²) < 4.78 is 30.8. The first-order chi connectivity index (χ1) is 8.88. The first kappa shape index (κ1) is 13.3. The fourth-order valence-corrected chi connectivity index (χ4v) is 2.33. The van der Waals surface area contributed by atoms with Crippen LogP contribution >= 0.6 is 0 Å². The van der Waals surface area contributed by atoms with Crippen LogP contribution in [0, 0.1) is 6.92 Å². The molecule has 0 fully saturated rings. The van der Waals surface area contributed by atoms with E-state index in [4.69, 9.17) is 9.52 Å². The Morgan fingerprint density at radius 1 is 1.53 bits per heavy atom. The van der Waals surface area contributed by atoms with Gasteiger partial charge in [0.2, 0.25) is 5.76 Å².